The number of hydrogen-bond donors (Lipinski definition) is 1. The summed E-state index contributed by atoms with van der Waals surface area (Å²) in [6.45, 7) is 7.23. The van der Waals surface area contributed by atoms with E-state index in [-0.39, 0.29) is 11.5 Å². The molecule has 0 bridgehead atoms. The second kappa shape index (κ2) is 8.55. The van der Waals surface area contributed by atoms with Gasteiger partial charge in [0.2, 0.25) is 0 Å². The van der Waals surface area contributed by atoms with Crippen molar-refractivity contribution in [3.05, 3.63) is 93.2 Å². The molecule has 0 aliphatic carbocycles. The van der Waals surface area contributed by atoms with E-state index < -0.39 is 0 Å². The molecule has 4 aromatic rings. The Bertz CT molecular complexity index is 1300. The number of rotatable bonds is 6. The highest BCUT2D eigenvalue weighted by Gasteiger charge is 2.11. The van der Waals surface area contributed by atoms with Crippen molar-refractivity contribution in [1.82, 2.24) is 24.6 Å². The molecule has 2 heterocycles. The smallest absolute Gasteiger partial charge is 0.264 e. The van der Waals surface area contributed by atoms with Crippen LogP contribution in [0.1, 0.15) is 32.6 Å². The Kier molecular flexibility index (Phi) is 5.66. The molecule has 0 aliphatic rings. The van der Waals surface area contributed by atoms with Gasteiger partial charge in [-0.05, 0) is 38.5 Å². The number of carbonyl (C=O) groups is 1. The third-order valence-corrected chi connectivity index (χ3v) is 5.15. The van der Waals surface area contributed by atoms with Crippen molar-refractivity contribution in [2.45, 2.75) is 33.9 Å². The molecule has 7 heteroatoms. The molecule has 0 spiro atoms. The highest BCUT2D eigenvalue weighted by atomic mass is 16.1. The lowest BCUT2D eigenvalue weighted by atomic mass is 10.1. The van der Waals surface area contributed by atoms with Gasteiger partial charge < -0.3 is 5.32 Å². The lowest BCUT2D eigenvalue weighted by molar-refractivity contribution is 0.0952. The van der Waals surface area contributed by atoms with Gasteiger partial charge in [-0.25, -0.2) is 9.67 Å². The largest absolute Gasteiger partial charge is 0.350 e. The molecule has 31 heavy (non-hydrogen) atoms. The number of nitrogens with zero attached hydrogens (tertiary/aromatic N) is 4. The van der Waals surface area contributed by atoms with Crippen LogP contribution in [-0.4, -0.2) is 31.8 Å². The van der Waals surface area contributed by atoms with Crippen molar-refractivity contribution < 1.29 is 4.79 Å². The maximum atomic E-state index is 12.9. The quantitative estimate of drug-likeness (QED) is 0.525. The van der Waals surface area contributed by atoms with E-state index in [1.165, 1.54) is 0 Å². The molecule has 2 aromatic heterocycles. The zero-order valence-corrected chi connectivity index (χ0v) is 17.9. The van der Waals surface area contributed by atoms with E-state index in [0.29, 0.717) is 36.2 Å². The maximum absolute atomic E-state index is 12.9. The van der Waals surface area contributed by atoms with E-state index in [9.17, 15) is 9.59 Å². The summed E-state index contributed by atoms with van der Waals surface area (Å²) in [7, 11) is 0. The lowest BCUT2D eigenvalue weighted by Crippen LogP contribution is -2.28. The van der Waals surface area contributed by atoms with Gasteiger partial charge in [-0.15, -0.1) is 0 Å². The molecule has 0 aliphatic heterocycles. The van der Waals surface area contributed by atoms with Crippen LogP contribution in [0.3, 0.4) is 0 Å². The molecular formula is C24H25N5O2. The Hall–Kier alpha value is -3.74. The number of benzene rings is 2. The van der Waals surface area contributed by atoms with Crippen LogP contribution < -0.4 is 10.9 Å². The molecule has 0 fully saturated rings. The van der Waals surface area contributed by atoms with Gasteiger partial charge in [-0.3, -0.25) is 14.2 Å². The molecule has 158 valence electrons. The summed E-state index contributed by atoms with van der Waals surface area (Å²) >= 11 is 0. The van der Waals surface area contributed by atoms with Crippen LogP contribution in [-0.2, 0) is 13.1 Å². The molecular weight excluding hydrogens is 390 g/mol. The second-order valence-electron chi connectivity index (χ2n) is 7.90. The number of nitrogens with one attached hydrogen (secondary N) is 1. The van der Waals surface area contributed by atoms with Crippen molar-refractivity contribution >= 4 is 16.9 Å². The Labute approximate surface area is 180 Å². The van der Waals surface area contributed by atoms with Gasteiger partial charge in [0.05, 0.1) is 19.3 Å². The standard InChI is InChI=1S/C24H25N5O2/c1-16-5-4-6-19(10-16)14-28-15-26-22-21(24(28)31)13-27-29(22)8-7-25-23(30)20-11-17(2)9-18(3)12-20/h4-6,9-13,15H,7-8,14H2,1-3H3,(H,25,30). The van der Waals surface area contributed by atoms with Gasteiger partial charge in [0.25, 0.3) is 11.5 Å². The van der Waals surface area contributed by atoms with Crippen LogP contribution in [0.5, 0.6) is 0 Å². The first-order valence-electron chi connectivity index (χ1n) is 10.2. The van der Waals surface area contributed by atoms with Crippen LogP contribution >= 0.6 is 0 Å². The Morgan fingerprint density at radius 1 is 1.03 bits per heavy atom. The fourth-order valence-electron chi connectivity index (χ4n) is 3.76. The van der Waals surface area contributed by atoms with E-state index in [0.717, 1.165) is 22.3 Å². The minimum absolute atomic E-state index is 0.128. The number of aromatic nitrogens is 4. The zero-order valence-electron chi connectivity index (χ0n) is 17.9. The first-order valence-corrected chi connectivity index (χ1v) is 10.2. The van der Waals surface area contributed by atoms with Crippen molar-refractivity contribution in [2.24, 2.45) is 0 Å². The first kappa shape index (κ1) is 20.5. The topological polar surface area (TPSA) is 81.8 Å². The summed E-state index contributed by atoms with van der Waals surface area (Å²) in [6, 6.07) is 13.8. The summed E-state index contributed by atoms with van der Waals surface area (Å²) in [5.74, 6) is -0.128. The Morgan fingerprint density at radius 3 is 2.55 bits per heavy atom. The lowest BCUT2D eigenvalue weighted by Gasteiger charge is -2.09. The monoisotopic (exact) mass is 415 g/mol. The summed E-state index contributed by atoms with van der Waals surface area (Å²) in [4.78, 5) is 29.7. The number of fused-ring (bicyclic) bond motifs is 1. The molecule has 2 aromatic carbocycles. The normalized spacial score (nSPS) is 11.1. The van der Waals surface area contributed by atoms with E-state index in [1.807, 2.05) is 57.2 Å². The highest BCUT2D eigenvalue weighted by molar-refractivity contribution is 5.94. The van der Waals surface area contributed by atoms with Crippen molar-refractivity contribution in [2.75, 3.05) is 6.54 Å². The number of carbonyl (C=O) groups excluding carboxylic acids is 1. The van der Waals surface area contributed by atoms with Crippen LogP contribution in [0.2, 0.25) is 0 Å². The minimum atomic E-state index is -0.128. The summed E-state index contributed by atoms with van der Waals surface area (Å²) in [5, 5.41) is 7.68. The SMILES string of the molecule is Cc1cccc(Cn2cnc3c(cnn3CCNC(=O)c3cc(C)cc(C)c3)c2=O)c1. The Balaban J connectivity index is 1.46. The molecule has 7 nitrogen and oxygen atoms in total. The van der Waals surface area contributed by atoms with Gasteiger partial charge in [0, 0.05) is 12.1 Å². The molecule has 0 saturated heterocycles. The molecule has 0 saturated carbocycles. The molecule has 1 N–H and O–H groups in total. The van der Waals surface area contributed by atoms with Crippen molar-refractivity contribution in [3.63, 3.8) is 0 Å². The molecule has 1 amide bonds. The second-order valence-corrected chi connectivity index (χ2v) is 7.90. The van der Waals surface area contributed by atoms with E-state index in [1.54, 1.807) is 21.8 Å². The van der Waals surface area contributed by atoms with Crippen LogP contribution in [0.15, 0.2) is 59.8 Å². The predicted molar refractivity (Wildman–Crippen MR) is 120 cm³/mol. The maximum Gasteiger partial charge on any atom is 0.264 e. The summed E-state index contributed by atoms with van der Waals surface area (Å²) < 4.78 is 3.24. The van der Waals surface area contributed by atoms with Crippen LogP contribution in [0.4, 0.5) is 0 Å². The molecule has 0 radical (unpaired) electrons. The van der Waals surface area contributed by atoms with Crippen molar-refractivity contribution in [3.8, 4) is 0 Å². The number of amides is 1. The third kappa shape index (κ3) is 4.55. The fourth-order valence-corrected chi connectivity index (χ4v) is 3.76. The fraction of sp³-hybridized carbons (Fsp3) is 0.250. The number of hydrogen-bond acceptors (Lipinski definition) is 4. The van der Waals surface area contributed by atoms with E-state index >= 15 is 0 Å². The van der Waals surface area contributed by atoms with Crippen molar-refractivity contribution in [1.29, 1.82) is 0 Å². The predicted octanol–water partition coefficient (Wildman–Crippen LogP) is 3.00. The minimum Gasteiger partial charge on any atom is -0.350 e. The van der Waals surface area contributed by atoms with Gasteiger partial charge in [0.1, 0.15) is 11.7 Å². The van der Waals surface area contributed by atoms with Crippen LogP contribution in [0.25, 0.3) is 11.0 Å². The van der Waals surface area contributed by atoms with E-state index in [4.69, 9.17) is 0 Å². The highest BCUT2D eigenvalue weighted by Crippen LogP contribution is 2.10. The zero-order chi connectivity index (χ0) is 22.0. The summed E-state index contributed by atoms with van der Waals surface area (Å²) in [6.07, 6.45) is 3.10. The number of aryl methyl sites for hydroxylation is 3. The summed E-state index contributed by atoms with van der Waals surface area (Å²) in [5.41, 5.74) is 5.33. The van der Waals surface area contributed by atoms with Gasteiger partial charge in [-0.2, -0.15) is 5.10 Å². The van der Waals surface area contributed by atoms with Crippen LogP contribution in [0, 0.1) is 20.8 Å². The average Bonchev–Trinajstić information content (AvgIpc) is 3.13. The molecule has 4 rings (SSSR count). The molecule has 0 unspecified atom stereocenters. The third-order valence-electron chi connectivity index (χ3n) is 5.15. The Morgan fingerprint density at radius 2 is 1.81 bits per heavy atom. The van der Waals surface area contributed by atoms with Gasteiger partial charge in [0.15, 0.2) is 5.65 Å². The first-order chi connectivity index (χ1) is 14.9. The average molecular weight is 415 g/mol. The molecule has 0 atom stereocenters. The van der Waals surface area contributed by atoms with Gasteiger partial charge >= 0.3 is 0 Å². The van der Waals surface area contributed by atoms with Gasteiger partial charge in [-0.1, -0.05) is 47.0 Å². The van der Waals surface area contributed by atoms with E-state index in [2.05, 4.69) is 21.5 Å².